The highest BCUT2D eigenvalue weighted by molar-refractivity contribution is 5.91. The van der Waals surface area contributed by atoms with Crippen LogP contribution in [0.25, 0.3) is 10.8 Å². The minimum Gasteiger partial charge on any atom is -0.484 e. The van der Waals surface area contributed by atoms with Crippen LogP contribution in [-0.2, 0) is 4.79 Å². The van der Waals surface area contributed by atoms with Gasteiger partial charge in [-0.05, 0) is 64.9 Å². The van der Waals surface area contributed by atoms with Crippen LogP contribution in [0.3, 0.4) is 0 Å². The highest BCUT2D eigenvalue weighted by Gasteiger charge is 2.13. The van der Waals surface area contributed by atoms with Gasteiger partial charge in [0.15, 0.2) is 6.61 Å². The van der Waals surface area contributed by atoms with Crippen LogP contribution < -0.4 is 14.9 Å². The van der Waals surface area contributed by atoms with Gasteiger partial charge in [-0.3, -0.25) is 4.79 Å². The summed E-state index contributed by atoms with van der Waals surface area (Å²) in [6.07, 6.45) is 1.44. The molecule has 0 spiro atoms. The van der Waals surface area contributed by atoms with E-state index < -0.39 is 17.7 Å². The molecule has 0 aromatic heterocycles. The molecule has 0 aliphatic rings. The van der Waals surface area contributed by atoms with Gasteiger partial charge in [0.05, 0.1) is 11.8 Å². The third-order valence-electron chi connectivity index (χ3n) is 4.68. The second-order valence-electron chi connectivity index (χ2n) is 7.03. The quantitative estimate of drug-likeness (QED) is 0.194. The Kier molecular flexibility index (Phi) is 6.70. The van der Waals surface area contributed by atoms with Crippen molar-refractivity contribution in [2.75, 3.05) is 6.61 Å². The van der Waals surface area contributed by atoms with E-state index in [0.717, 1.165) is 10.8 Å². The molecule has 1 amide bonds. The first-order valence-corrected chi connectivity index (χ1v) is 10.1. The fraction of sp³-hybridized carbons (Fsp3) is 0.0385. The molecule has 164 valence electrons. The molecule has 0 aliphatic heterocycles. The van der Waals surface area contributed by atoms with Crippen LogP contribution in [0.4, 0.5) is 4.39 Å². The van der Waals surface area contributed by atoms with E-state index in [1.54, 1.807) is 36.4 Å². The molecule has 0 saturated carbocycles. The van der Waals surface area contributed by atoms with Gasteiger partial charge in [-0.25, -0.2) is 14.6 Å². The highest BCUT2D eigenvalue weighted by Crippen LogP contribution is 2.20. The van der Waals surface area contributed by atoms with Gasteiger partial charge in [-0.2, -0.15) is 5.10 Å². The topological polar surface area (TPSA) is 77.0 Å². The third kappa shape index (κ3) is 5.80. The number of nitrogens with zero attached hydrogens (tertiary/aromatic N) is 1. The van der Waals surface area contributed by atoms with Crippen LogP contribution in [0.5, 0.6) is 11.5 Å². The first-order valence-electron chi connectivity index (χ1n) is 10.1. The number of hydrazone groups is 1. The Morgan fingerprint density at radius 2 is 1.55 bits per heavy atom. The van der Waals surface area contributed by atoms with Crippen molar-refractivity contribution in [2.24, 2.45) is 5.10 Å². The summed E-state index contributed by atoms with van der Waals surface area (Å²) in [5.41, 5.74) is 2.91. The van der Waals surface area contributed by atoms with Crippen molar-refractivity contribution < 1.29 is 23.5 Å². The van der Waals surface area contributed by atoms with E-state index in [4.69, 9.17) is 9.47 Å². The summed E-state index contributed by atoms with van der Waals surface area (Å²) < 4.78 is 24.3. The zero-order valence-corrected chi connectivity index (χ0v) is 17.4. The number of hydrogen-bond donors (Lipinski definition) is 1. The summed E-state index contributed by atoms with van der Waals surface area (Å²) in [7, 11) is 0. The van der Waals surface area contributed by atoms with Gasteiger partial charge >= 0.3 is 5.97 Å². The molecule has 0 heterocycles. The largest absolute Gasteiger partial charge is 0.484 e. The molecule has 0 unspecified atom stereocenters. The standard InChI is InChI=1S/C26H19FN2O4/c27-24-8-4-3-7-23(24)26(31)33-21-12-9-18(10-13-21)16-28-29-25(30)17-32-22-14-11-19-5-1-2-6-20(19)15-22/h1-16H,17H2,(H,29,30)/b28-16-. The van der Waals surface area contributed by atoms with Crippen LogP contribution in [0.15, 0.2) is 96.1 Å². The molecule has 4 aromatic carbocycles. The predicted octanol–water partition coefficient (Wildman–Crippen LogP) is 4.73. The number of carbonyl (C=O) groups is 2. The Balaban J connectivity index is 1.26. The first kappa shape index (κ1) is 21.7. The predicted molar refractivity (Wildman–Crippen MR) is 123 cm³/mol. The van der Waals surface area contributed by atoms with Gasteiger partial charge in [0, 0.05) is 0 Å². The smallest absolute Gasteiger partial charge is 0.346 e. The number of fused-ring (bicyclic) bond motifs is 1. The molecule has 0 aliphatic carbocycles. The first-order chi connectivity index (χ1) is 16.1. The van der Waals surface area contributed by atoms with Crippen LogP contribution in [-0.4, -0.2) is 24.7 Å². The van der Waals surface area contributed by atoms with E-state index in [2.05, 4.69) is 10.5 Å². The van der Waals surface area contributed by atoms with Crippen molar-refractivity contribution in [1.82, 2.24) is 5.43 Å². The van der Waals surface area contributed by atoms with E-state index in [0.29, 0.717) is 11.3 Å². The second-order valence-corrected chi connectivity index (χ2v) is 7.03. The number of amides is 1. The maximum absolute atomic E-state index is 13.7. The van der Waals surface area contributed by atoms with Gasteiger partial charge < -0.3 is 9.47 Å². The molecular weight excluding hydrogens is 423 g/mol. The van der Waals surface area contributed by atoms with E-state index in [-0.39, 0.29) is 17.9 Å². The summed E-state index contributed by atoms with van der Waals surface area (Å²) in [6, 6.07) is 25.4. The molecule has 4 aromatic rings. The molecule has 0 radical (unpaired) electrons. The SMILES string of the molecule is O=C(COc1ccc2ccccc2c1)N/N=C\c1ccc(OC(=O)c2ccccc2F)cc1. The Morgan fingerprint density at radius 1 is 0.848 bits per heavy atom. The molecule has 0 fully saturated rings. The van der Waals surface area contributed by atoms with Crippen molar-refractivity contribution in [3.8, 4) is 11.5 Å². The molecular formula is C26H19FN2O4. The zero-order chi connectivity index (χ0) is 23.0. The van der Waals surface area contributed by atoms with E-state index >= 15 is 0 Å². The minimum absolute atomic E-state index is 0.142. The Bertz CT molecular complexity index is 1320. The average Bonchev–Trinajstić information content (AvgIpc) is 2.84. The second kappa shape index (κ2) is 10.2. The van der Waals surface area contributed by atoms with Gasteiger partial charge in [-0.15, -0.1) is 0 Å². The maximum atomic E-state index is 13.7. The fourth-order valence-electron chi connectivity index (χ4n) is 3.03. The van der Waals surface area contributed by atoms with Crippen LogP contribution in [0, 0.1) is 5.82 Å². The molecule has 1 N–H and O–H groups in total. The molecule has 33 heavy (non-hydrogen) atoms. The lowest BCUT2D eigenvalue weighted by Crippen LogP contribution is -2.24. The lowest BCUT2D eigenvalue weighted by atomic mass is 10.1. The Morgan fingerprint density at radius 3 is 2.33 bits per heavy atom. The van der Waals surface area contributed by atoms with Crippen molar-refractivity contribution in [1.29, 1.82) is 0 Å². The number of ether oxygens (including phenoxy) is 2. The normalized spacial score (nSPS) is 10.8. The number of esters is 1. The number of nitrogens with one attached hydrogen (secondary N) is 1. The average molecular weight is 442 g/mol. The lowest BCUT2D eigenvalue weighted by molar-refractivity contribution is -0.123. The van der Waals surface area contributed by atoms with Crippen LogP contribution in [0.1, 0.15) is 15.9 Å². The molecule has 0 atom stereocenters. The van der Waals surface area contributed by atoms with Crippen LogP contribution >= 0.6 is 0 Å². The van der Waals surface area contributed by atoms with Gasteiger partial charge in [0.2, 0.25) is 0 Å². The third-order valence-corrected chi connectivity index (χ3v) is 4.68. The summed E-state index contributed by atoms with van der Waals surface area (Å²) in [6.45, 7) is -0.180. The number of benzene rings is 4. The number of rotatable bonds is 7. The Labute approximate surface area is 189 Å². The summed E-state index contributed by atoms with van der Waals surface area (Å²) >= 11 is 0. The molecule has 6 nitrogen and oxygen atoms in total. The molecule has 0 saturated heterocycles. The molecule has 4 rings (SSSR count). The van der Waals surface area contributed by atoms with Crippen molar-refractivity contribution in [3.63, 3.8) is 0 Å². The minimum atomic E-state index is -0.784. The fourth-order valence-corrected chi connectivity index (χ4v) is 3.03. The van der Waals surface area contributed by atoms with Crippen molar-refractivity contribution in [3.05, 3.63) is 108 Å². The van der Waals surface area contributed by atoms with E-state index in [9.17, 15) is 14.0 Å². The summed E-state index contributed by atoms with van der Waals surface area (Å²) in [5, 5.41) is 6.01. The van der Waals surface area contributed by atoms with E-state index in [1.165, 1.54) is 24.4 Å². The Hall–Kier alpha value is -4.52. The lowest BCUT2D eigenvalue weighted by Gasteiger charge is -2.06. The summed E-state index contributed by atoms with van der Waals surface area (Å²) in [5.74, 6) is -0.990. The maximum Gasteiger partial charge on any atom is 0.346 e. The van der Waals surface area contributed by atoms with Crippen LogP contribution in [0.2, 0.25) is 0 Å². The van der Waals surface area contributed by atoms with Gasteiger partial charge in [-0.1, -0.05) is 42.5 Å². The van der Waals surface area contributed by atoms with Gasteiger partial charge in [0.25, 0.3) is 5.91 Å². The zero-order valence-electron chi connectivity index (χ0n) is 17.4. The number of halogens is 1. The summed E-state index contributed by atoms with van der Waals surface area (Å²) in [4.78, 5) is 24.0. The number of hydrogen-bond acceptors (Lipinski definition) is 5. The van der Waals surface area contributed by atoms with E-state index in [1.807, 2.05) is 36.4 Å². The van der Waals surface area contributed by atoms with Gasteiger partial charge in [0.1, 0.15) is 17.3 Å². The molecule has 0 bridgehead atoms. The van der Waals surface area contributed by atoms with Crippen molar-refractivity contribution in [2.45, 2.75) is 0 Å². The molecule has 7 heteroatoms. The van der Waals surface area contributed by atoms with Crippen molar-refractivity contribution >= 4 is 28.9 Å². The monoisotopic (exact) mass is 442 g/mol. The number of carbonyl (C=O) groups excluding carboxylic acids is 2. The highest BCUT2D eigenvalue weighted by atomic mass is 19.1.